The van der Waals surface area contributed by atoms with Gasteiger partial charge in [0.1, 0.15) is 0 Å². The van der Waals surface area contributed by atoms with Gasteiger partial charge in [-0.05, 0) is 64.2 Å². The summed E-state index contributed by atoms with van der Waals surface area (Å²) in [7, 11) is 2.17. The largest absolute Gasteiger partial charge is 0.354 e. The topological polar surface area (TPSA) is 44.4 Å². The van der Waals surface area contributed by atoms with Crippen LogP contribution in [0.15, 0.2) is 0 Å². The lowest BCUT2D eigenvalue weighted by molar-refractivity contribution is -0.124. The van der Waals surface area contributed by atoms with Crippen LogP contribution in [0.4, 0.5) is 0 Å². The number of piperidine rings is 2. The molecule has 2 heterocycles. The molecule has 19 heavy (non-hydrogen) atoms. The van der Waals surface area contributed by atoms with Crippen LogP contribution >= 0.6 is 0 Å². The SMILES string of the molecule is CCC1CCNC(C(=O)NCC2CCN(C)CC2)C1. The molecule has 2 atom stereocenters. The molecule has 0 bridgehead atoms. The van der Waals surface area contributed by atoms with Crippen LogP contribution in [0.3, 0.4) is 0 Å². The summed E-state index contributed by atoms with van der Waals surface area (Å²) in [6.07, 6.45) is 5.85. The molecule has 0 aromatic heterocycles. The molecule has 0 radical (unpaired) electrons. The molecule has 2 fully saturated rings. The van der Waals surface area contributed by atoms with E-state index >= 15 is 0 Å². The van der Waals surface area contributed by atoms with E-state index in [-0.39, 0.29) is 11.9 Å². The van der Waals surface area contributed by atoms with Gasteiger partial charge in [0.2, 0.25) is 5.91 Å². The Morgan fingerprint density at radius 3 is 2.68 bits per heavy atom. The molecule has 2 rings (SSSR count). The summed E-state index contributed by atoms with van der Waals surface area (Å²) in [6.45, 7) is 6.41. The van der Waals surface area contributed by atoms with Crippen LogP contribution in [0.25, 0.3) is 0 Å². The Hall–Kier alpha value is -0.610. The normalized spacial score (nSPS) is 30.2. The number of nitrogens with zero attached hydrogens (tertiary/aromatic N) is 1. The van der Waals surface area contributed by atoms with Crippen LogP contribution in [-0.2, 0) is 4.79 Å². The lowest BCUT2D eigenvalue weighted by atomic mass is 9.90. The number of hydrogen-bond acceptors (Lipinski definition) is 3. The third-order valence-electron chi connectivity index (χ3n) is 4.81. The van der Waals surface area contributed by atoms with Crippen molar-refractivity contribution < 1.29 is 4.79 Å². The van der Waals surface area contributed by atoms with Gasteiger partial charge in [0.15, 0.2) is 0 Å². The van der Waals surface area contributed by atoms with E-state index in [9.17, 15) is 4.79 Å². The van der Waals surface area contributed by atoms with Crippen molar-refractivity contribution in [3.63, 3.8) is 0 Å². The van der Waals surface area contributed by atoms with Crippen molar-refractivity contribution >= 4 is 5.91 Å². The van der Waals surface area contributed by atoms with Gasteiger partial charge < -0.3 is 15.5 Å². The molecule has 0 saturated carbocycles. The Morgan fingerprint density at radius 1 is 1.26 bits per heavy atom. The monoisotopic (exact) mass is 267 g/mol. The molecule has 110 valence electrons. The standard InChI is InChI=1S/C15H29N3O/c1-3-12-4-7-16-14(10-12)15(19)17-11-13-5-8-18(2)9-6-13/h12-14,16H,3-11H2,1-2H3,(H,17,19). The molecule has 2 unspecified atom stereocenters. The lowest BCUT2D eigenvalue weighted by Crippen LogP contribution is -2.50. The molecular weight excluding hydrogens is 238 g/mol. The van der Waals surface area contributed by atoms with E-state index in [0.29, 0.717) is 5.92 Å². The Bertz CT molecular complexity index is 287. The van der Waals surface area contributed by atoms with Crippen molar-refractivity contribution in [3.8, 4) is 0 Å². The van der Waals surface area contributed by atoms with Crippen LogP contribution in [-0.4, -0.2) is 50.1 Å². The first-order valence-corrected chi connectivity index (χ1v) is 7.88. The second-order valence-electron chi connectivity index (χ2n) is 6.30. The summed E-state index contributed by atoms with van der Waals surface area (Å²) in [5.41, 5.74) is 0. The molecule has 2 N–H and O–H groups in total. The van der Waals surface area contributed by atoms with E-state index in [1.54, 1.807) is 0 Å². The van der Waals surface area contributed by atoms with Crippen LogP contribution in [0.2, 0.25) is 0 Å². The highest BCUT2D eigenvalue weighted by molar-refractivity contribution is 5.81. The van der Waals surface area contributed by atoms with Gasteiger partial charge in [-0.1, -0.05) is 13.3 Å². The van der Waals surface area contributed by atoms with Gasteiger partial charge in [0.05, 0.1) is 6.04 Å². The smallest absolute Gasteiger partial charge is 0.237 e. The zero-order valence-electron chi connectivity index (χ0n) is 12.5. The summed E-state index contributed by atoms with van der Waals surface area (Å²) in [5.74, 6) is 1.61. The second-order valence-corrected chi connectivity index (χ2v) is 6.30. The highest BCUT2D eigenvalue weighted by Gasteiger charge is 2.26. The first-order chi connectivity index (χ1) is 9.19. The number of nitrogens with one attached hydrogen (secondary N) is 2. The van der Waals surface area contributed by atoms with E-state index in [4.69, 9.17) is 0 Å². The first-order valence-electron chi connectivity index (χ1n) is 7.88. The third-order valence-corrected chi connectivity index (χ3v) is 4.81. The van der Waals surface area contributed by atoms with Crippen molar-refractivity contribution in [1.29, 1.82) is 0 Å². The molecule has 0 aliphatic carbocycles. The molecule has 2 aliphatic rings. The molecule has 0 spiro atoms. The minimum atomic E-state index is 0.0463. The average molecular weight is 267 g/mol. The van der Waals surface area contributed by atoms with Gasteiger partial charge in [0, 0.05) is 6.54 Å². The molecule has 4 nitrogen and oxygen atoms in total. The zero-order chi connectivity index (χ0) is 13.7. The van der Waals surface area contributed by atoms with Crippen molar-refractivity contribution in [3.05, 3.63) is 0 Å². The van der Waals surface area contributed by atoms with Crippen molar-refractivity contribution in [2.24, 2.45) is 11.8 Å². The first kappa shape index (κ1) is 14.8. The molecule has 0 aromatic rings. The fourth-order valence-corrected chi connectivity index (χ4v) is 3.20. The predicted molar refractivity (Wildman–Crippen MR) is 78.0 cm³/mol. The summed E-state index contributed by atoms with van der Waals surface area (Å²) in [5, 5.41) is 6.52. The average Bonchev–Trinajstić information content (AvgIpc) is 2.46. The molecule has 1 amide bonds. The van der Waals surface area contributed by atoms with Gasteiger partial charge >= 0.3 is 0 Å². The molecule has 4 heteroatoms. The van der Waals surface area contributed by atoms with Gasteiger partial charge in [-0.2, -0.15) is 0 Å². The minimum absolute atomic E-state index is 0.0463. The number of carbonyl (C=O) groups excluding carboxylic acids is 1. The Labute approximate surface area is 117 Å². The van der Waals surface area contributed by atoms with Gasteiger partial charge in [-0.3, -0.25) is 4.79 Å². The fourth-order valence-electron chi connectivity index (χ4n) is 3.20. The second kappa shape index (κ2) is 7.25. The van der Waals surface area contributed by atoms with E-state index < -0.39 is 0 Å². The third kappa shape index (κ3) is 4.46. The highest BCUT2D eigenvalue weighted by atomic mass is 16.2. The number of carbonyl (C=O) groups is 1. The summed E-state index contributed by atoms with van der Waals surface area (Å²) in [6, 6.07) is 0.0463. The van der Waals surface area contributed by atoms with Gasteiger partial charge in [-0.25, -0.2) is 0 Å². The van der Waals surface area contributed by atoms with Crippen molar-refractivity contribution in [2.75, 3.05) is 33.2 Å². The number of amides is 1. The quantitative estimate of drug-likeness (QED) is 0.805. The molecule has 2 aliphatic heterocycles. The predicted octanol–water partition coefficient (Wildman–Crippen LogP) is 1.22. The zero-order valence-corrected chi connectivity index (χ0v) is 12.5. The van der Waals surface area contributed by atoms with Crippen LogP contribution in [0, 0.1) is 11.8 Å². The maximum atomic E-state index is 12.2. The van der Waals surface area contributed by atoms with E-state index in [1.165, 1.54) is 38.8 Å². The number of likely N-dealkylation sites (tertiary alicyclic amines) is 1. The summed E-state index contributed by atoms with van der Waals surface area (Å²) >= 11 is 0. The summed E-state index contributed by atoms with van der Waals surface area (Å²) in [4.78, 5) is 14.6. The van der Waals surface area contributed by atoms with Gasteiger partial charge in [-0.15, -0.1) is 0 Å². The molecule has 0 aromatic carbocycles. The minimum Gasteiger partial charge on any atom is -0.354 e. The summed E-state index contributed by atoms with van der Waals surface area (Å²) < 4.78 is 0. The lowest BCUT2D eigenvalue weighted by Gasteiger charge is -2.31. The van der Waals surface area contributed by atoms with Crippen molar-refractivity contribution in [2.45, 2.75) is 45.1 Å². The number of hydrogen-bond donors (Lipinski definition) is 2. The fraction of sp³-hybridized carbons (Fsp3) is 0.933. The van der Waals surface area contributed by atoms with E-state index in [1.807, 2.05) is 0 Å². The molecule has 2 saturated heterocycles. The van der Waals surface area contributed by atoms with Crippen LogP contribution < -0.4 is 10.6 Å². The van der Waals surface area contributed by atoms with E-state index in [0.717, 1.165) is 25.4 Å². The van der Waals surface area contributed by atoms with E-state index in [2.05, 4.69) is 29.5 Å². The van der Waals surface area contributed by atoms with Crippen molar-refractivity contribution in [1.82, 2.24) is 15.5 Å². The van der Waals surface area contributed by atoms with Crippen LogP contribution in [0.5, 0.6) is 0 Å². The van der Waals surface area contributed by atoms with Crippen LogP contribution in [0.1, 0.15) is 39.0 Å². The maximum absolute atomic E-state index is 12.2. The Kier molecular flexibility index (Phi) is 5.64. The molecular formula is C15H29N3O. The Morgan fingerprint density at radius 2 is 2.00 bits per heavy atom. The highest BCUT2D eigenvalue weighted by Crippen LogP contribution is 2.19. The maximum Gasteiger partial charge on any atom is 0.237 e. The van der Waals surface area contributed by atoms with Gasteiger partial charge in [0.25, 0.3) is 0 Å². The Balaban J connectivity index is 1.69. The number of rotatable bonds is 4.